The first kappa shape index (κ1) is 18.4. The van der Waals surface area contributed by atoms with Crippen LogP contribution in [0.25, 0.3) is 0 Å². The number of benzene rings is 1. The van der Waals surface area contributed by atoms with Crippen molar-refractivity contribution in [2.45, 2.75) is 31.2 Å². The van der Waals surface area contributed by atoms with Gasteiger partial charge >= 0.3 is 0 Å². The van der Waals surface area contributed by atoms with E-state index in [-0.39, 0.29) is 22.8 Å². The van der Waals surface area contributed by atoms with E-state index in [9.17, 15) is 13.2 Å². The van der Waals surface area contributed by atoms with E-state index in [0.717, 1.165) is 5.56 Å². The zero-order valence-electron chi connectivity index (χ0n) is 14.6. The molecule has 1 aliphatic rings. The summed E-state index contributed by atoms with van der Waals surface area (Å²) in [5.74, 6) is 0.761. The first-order valence-corrected chi connectivity index (χ1v) is 10.3. The molecule has 0 saturated heterocycles. The molecule has 0 radical (unpaired) electrons. The fourth-order valence-electron chi connectivity index (χ4n) is 2.45. The highest BCUT2D eigenvalue weighted by molar-refractivity contribution is 7.91. The topological polar surface area (TPSA) is 85.4 Å². The second-order valence-electron chi connectivity index (χ2n) is 6.34. The van der Waals surface area contributed by atoms with Gasteiger partial charge in [-0.2, -0.15) is 0 Å². The number of nitrogens with one attached hydrogen (secondary N) is 1. The number of hydrogen-bond donors (Lipinski definition) is 1. The molecule has 0 atom stereocenters. The second-order valence-corrected chi connectivity index (χ2v) is 8.59. The van der Waals surface area contributed by atoms with Crippen molar-refractivity contribution in [3.05, 3.63) is 53.7 Å². The normalized spacial score (nSPS) is 14.0. The summed E-state index contributed by atoms with van der Waals surface area (Å²) in [4.78, 5) is 16.7. The first-order chi connectivity index (χ1) is 12.5. The van der Waals surface area contributed by atoms with Gasteiger partial charge in [0.1, 0.15) is 0 Å². The lowest BCUT2D eigenvalue weighted by Gasteiger charge is -2.10. The third-order valence-corrected chi connectivity index (χ3v) is 6.05. The van der Waals surface area contributed by atoms with Gasteiger partial charge in [-0.25, -0.2) is 13.4 Å². The van der Waals surface area contributed by atoms with Gasteiger partial charge in [0.2, 0.25) is 5.88 Å². The Kier molecular flexibility index (Phi) is 5.56. The molecule has 1 aliphatic carbocycles. The largest absolute Gasteiger partial charge is 0.477 e. The number of amides is 1. The Balaban J connectivity index is 1.62. The summed E-state index contributed by atoms with van der Waals surface area (Å²) >= 11 is 0. The van der Waals surface area contributed by atoms with E-state index in [0.29, 0.717) is 18.4 Å². The molecule has 0 spiro atoms. The summed E-state index contributed by atoms with van der Waals surface area (Å²) in [5, 5.41) is 2.75. The van der Waals surface area contributed by atoms with Crippen LogP contribution < -0.4 is 10.1 Å². The second kappa shape index (κ2) is 7.86. The van der Waals surface area contributed by atoms with Gasteiger partial charge in [-0.05, 0) is 36.5 Å². The van der Waals surface area contributed by atoms with Gasteiger partial charge in [-0.1, -0.05) is 25.1 Å². The molecule has 138 valence electrons. The van der Waals surface area contributed by atoms with Crippen molar-refractivity contribution in [1.29, 1.82) is 0 Å². The standard InChI is InChI=1S/C19H22N2O4S/c1-2-26(23,24)17-6-4-3-5-16(17)19(22)21-12-15-9-10-18(20-11-15)25-13-14-7-8-14/h3-6,9-11,14H,2,7-8,12-13H2,1H3,(H,21,22). The van der Waals surface area contributed by atoms with Gasteiger partial charge in [0.25, 0.3) is 5.91 Å². The van der Waals surface area contributed by atoms with E-state index in [1.165, 1.54) is 25.0 Å². The molecule has 26 heavy (non-hydrogen) atoms. The number of pyridine rings is 1. The molecule has 1 heterocycles. The predicted molar refractivity (Wildman–Crippen MR) is 97.8 cm³/mol. The fourth-order valence-corrected chi connectivity index (χ4v) is 3.54. The Morgan fingerprint density at radius 2 is 2.00 bits per heavy atom. The van der Waals surface area contributed by atoms with Gasteiger partial charge in [0.15, 0.2) is 9.84 Å². The highest BCUT2D eigenvalue weighted by atomic mass is 32.2. The molecule has 0 aliphatic heterocycles. The van der Waals surface area contributed by atoms with Gasteiger partial charge in [0, 0.05) is 18.8 Å². The van der Waals surface area contributed by atoms with Crippen LogP contribution >= 0.6 is 0 Å². The molecule has 0 unspecified atom stereocenters. The van der Waals surface area contributed by atoms with Crippen LogP contribution in [-0.4, -0.2) is 31.7 Å². The summed E-state index contributed by atoms with van der Waals surface area (Å²) < 4.78 is 29.9. The Morgan fingerprint density at radius 3 is 2.65 bits per heavy atom. The van der Waals surface area contributed by atoms with Crippen LogP contribution in [0.15, 0.2) is 47.5 Å². The number of rotatable bonds is 8. The van der Waals surface area contributed by atoms with Crippen molar-refractivity contribution in [3.63, 3.8) is 0 Å². The van der Waals surface area contributed by atoms with Crippen LogP contribution in [0, 0.1) is 5.92 Å². The molecule has 6 nitrogen and oxygen atoms in total. The SMILES string of the molecule is CCS(=O)(=O)c1ccccc1C(=O)NCc1ccc(OCC2CC2)nc1. The van der Waals surface area contributed by atoms with E-state index in [1.807, 2.05) is 6.07 Å². The molecule has 3 rings (SSSR count). The number of carbonyl (C=O) groups excluding carboxylic acids is 1. The third kappa shape index (κ3) is 4.60. The van der Waals surface area contributed by atoms with Crippen molar-refractivity contribution in [3.8, 4) is 5.88 Å². The van der Waals surface area contributed by atoms with Gasteiger partial charge in [-0.15, -0.1) is 0 Å². The quantitative estimate of drug-likeness (QED) is 0.768. The Bertz CT molecular complexity index is 875. The van der Waals surface area contributed by atoms with E-state index in [1.54, 1.807) is 31.3 Å². The number of aromatic nitrogens is 1. The minimum Gasteiger partial charge on any atom is -0.477 e. The average molecular weight is 374 g/mol. The highest BCUT2D eigenvalue weighted by Gasteiger charge is 2.22. The summed E-state index contributed by atoms with van der Waals surface area (Å²) in [6.45, 7) is 2.52. The molecule has 1 aromatic carbocycles. The van der Waals surface area contributed by atoms with Crippen molar-refractivity contribution < 1.29 is 17.9 Å². The third-order valence-electron chi connectivity index (χ3n) is 4.26. The number of sulfone groups is 1. The molecule has 1 N–H and O–H groups in total. The van der Waals surface area contributed by atoms with Crippen molar-refractivity contribution in [1.82, 2.24) is 10.3 Å². The van der Waals surface area contributed by atoms with Crippen LogP contribution in [-0.2, 0) is 16.4 Å². The Labute approximate surface area is 153 Å². The van der Waals surface area contributed by atoms with Gasteiger partial charge in [-0.3, -0.25) is 4.79 Å². The number of ether oxygens (including phenoxy) is 1. The maximum Gasteiger partial charge on any atom is 0.252 e. The van der Waals surface area contributed by atoms with Crippen LogP contribution in [0.2, 0.25) is 0 Å². The molecule has 2 aromatic rings. The summed E-state index contributed by atoms with van der Waals surface area (Å²) in [5.41, 5.74) is 0.972. The van der Waals surface area contributed by atoms with Crippen LogP contribution in [0.3, 0.4) is 0 Å². The molecule has 1 aromatic heterocycles. The van der Waals surface area contributed by atoms with E-state index in [2.05, 4.69) is 10.3 Å². The van der Waals surface area contributed by atoms with E-state index in [4.69, 9.17) is 4.74 Å². The van der Waals surface area contributed by atoms with Gasteiger partial charge in [0.05, 0.1) is 22.8 Å². The van der Waals surface area contributed by atoms with Crippen LogP contribution in [0.5, 0.6) is 5.88 Å². The zero-order valence-corrected chi connectivity index (χ0v) is 15.5. The summed E-state index contributed by atoms with van der Waals surface area (Å²) in [6.07, 6.45) is 4.09. The smallest absolute Gasteiger partial charge is 0.252 e. The average Bonchev–Trinajstić information content (AvgIpc) is 3.50. The highest BCUT2D eigenvalue weighted by Crippen LogP contribution is 2.29. The van der Waals surface area contributed by atoms with Crippen molar-refractivity contribution in [2.24, 2.45) is 5.92 Å². The van der Waals surface area contributed by atoms with Crippen molar-refractivity contribution in [2.75, 3.05) is 12.4 Å². The lowest BCUT2D eigenvalue weighted by atomic mass is 10.2. The maximum atomic E-state index is 12.4. The van der Waals surface area contributed by atoms with Crippen LogP contribution in [0.1, 0.15) is 35.7 Å². The maximum absolute atomic E-state index is 12.4. The van der Waals surface area contributed by atoms with E-state index < -0.39 is 15.7 Å². The molecule has 0 bridgehead atoms. The molecular formula is C19H22N2O4S. The summed E-state index contributed by atoms with van der Waals surface area (Å²) in [7, 11) is -3.46. The molecule has 1 fully saturated rings. The summed E-state index contributed by atoms with van der Waals surface area (Å²) in [6, 6.07) is 9.86. The Hall–Kier alpha value is -2.41. The minimum atomic E-state index is -3.46. The van der Waals surface area contributed by atoms with Gasteiger partial charge < -0.3 is 10.1 Å². The lowest BCUT2D eigenvalue weighted by Crippen LogP contribution is -2.25. The minimum absolute atomic E-state index is 0.0521. The first-order valence-electron chi connectivity index (χ1n) is 8.67. The number of hydrogen-bond acceptors (Lipinski definition) is 5. The molecular weight excluding hydrogens is 352 g/mol. The van der Waals surface area contributed by atoms with Crippen molar-refractivity contribution >= 4 is 15.7 Å². The lowest BCUT2D eigenvalue weighted by molar-refractivity contribution is 0.0947. The predicted octanol–water partition coefficient (Wildman–Crippen LogP) is 2.59. The van der Waals surface area contributed by atoms with E-state index >= 15 is 0 Å². The number of nitrogens with zero attached hydrogens (tertiary/aromatic N) is 1. The fraction of sp³-hybridized carbons (Fsp3) is 0.368. The molecule has 7 heteroatoms. The number of carbonyl (C=O) groups is 1. The zero-order chi connectivity index (χ0) is 18.6. The molecule has 1 saturated carbocycles. The Morgan fingerprint density at radius 1 is 1.23 bits per heavy atom. The van der Waals surface area contributed by atoms with Crippen LogP contribution in [0.4, 0.5) is 0 Å². The monoisotopic (exact) mass is 374 g/mol. The molecule has 1 amide bonds.